The van der Waals surface area contributed by atoms with Crippen molar-refractivity contribution in [2.75, 3.05) is 0 Å². The summed E-state index contributed by atoms with van der Waals surface area (Å²) in [5, 5.41) is 9.80. The van der Waals surface area contributed by atoms with Crippen molar-refractivity contribution in [1.29, 1.82) is 0 Å². The van der Waals surface area contributed by atoms with E-state index < -0.39 is 11.6 Å². The van der Waals surface area contributed by atoms with Gasteiger partial charge in [0.05, 0.1) is 5.56 Å². The summed E-state index contributed by atoms with van der Waals surface area (Å²) in [6.45, 7) is 0. The molecule has 3 rings (SSSR count). The number of carbonyl (C=O) groups is 3. The van der Waals surface area contributed by atoms with Gasteiger partial charge in [0.15, 0.2) is 17.9 Å². The number of carbonyl (C=O) groups excluding carboxylic acids is 3. The zero-order chi connectivity index (χ0) is 13.6. The van der Waals surface area contributed by atoms with E-state index in [4.69, 9.17) is 0 Å². The van der Waals surface area contributed by atoms with Crippen LogP contribution in [-0.4, -0.2) is 23.0 Å². The van der Waals surface area contributed by atoms with Crippen molar-refractivity contribution in [3.8, 4) is 5.75 Å². The largest absolute Gasteiger partial charge is 0.507 e. The Labute approximate surface area is 108 Å². The quantitative estimate of drug-likeness (QED) is 0.672. The highest BCUT2D eigenvalue weighted by atomic mass is 16.3. The minimum Gasteiger partial charge on any atom is -0.507 e. The maximum absolute atomic E-state index is 12.4. The Morgan fingerprint density at radius 3 is 2.00 bits per heavy atom. The fraction of sp³-hybridized carbons (Fsp3) is 0. The molecule has 1 aliphatic rings. The van der Waals surface area contributed by atoms with Crippen LogP contribution in [0.25, 0.3) is 0 Å². The molecule has 92 valence electrons. The predicted molar refractivity (Wildman–Crippen MR) is 66.8 cm³/mol. The Kier molecular flexibility index (Phi) is 2.32. The van der Waals surface area contributed by atoms with Gasteiger partial charge in [-0.3, -0.25) is 14.4 Å². The summed E-state index contributed by atoms with van der Waals surface area (Å²) in [5.74, 6) is -1.14. The van der Waals surface area contributed by atoms with Gasteiger partial charge in [0, 0.05) is 22.3 Å². The number of rotatable bonds is 1. The molecule has 0 fully saturated rings. The van der Waals surface area contributed by atoms with Crippen LogP contribution in [0.3, 0.4) is 0 Å². The third-order valence-electron chi connectivity index (χ3n) is 3.21. The molecular formula is C15H8O4. The van der Waals surface area contributed by atoms with Gasteiger partial charge >= 0.3 is 0 Å². The molecule has 0 saturated heterocycles. The van der Waals surface area contributed by atoms with E-state index in [1.54, 1.807) is 12.1 Å². The monoisotopic (exact) mass is 252 g/mol. The van der Waals surface area contributed by atoms with E-state index in [-0.39, 0.29) is 33.6 Å². The van der Waals surface area contributed by atoms with Gasteiger partial charge in [-0.1, -0.05) is 24.3 Å². The van der Waals surface area contributed by atoms with Crippen molar-refractivity contribution < 1.29 is 19.5 Å². The number of aromatic hydroxyl groups is 1. The summed E-state index contributed by atoms with van der Waals surface area (Å²) in [6, 6.07) is 8.96. The Hall–Kier alpha value is -2.75. The second-order valence-electron chi connectivity index (χ2n) is 4.25. The van der Waals surface area contributed by atoms with E-state index in [9.17, 15) is 19.5 Å². The number of hydrogen-bond donors (Lipinski definition) is 1. The van der Waals surface area contributed by atoms with Gasteiger partial charge in [-0.25, -0.2) is 0 Å². The molecule has 0 atom stereocenters. The minimum atomic E-state index is -0.439. The number of benzene rings is 2. The smallest absolute Gasteiger partial charge is 0.198 e. The van der Waals surface area contributed by atoms with Crippen molar-refractivity contribution in [2.45, 2.75) is 0 Å². The fourth-order valence-corrected chi connectivity index (χ4v) is 2.33. The van der Waals surface area contributed by atoms with Crippen LogP contribution >= 0.6 is 0 Å². The fourth-order valence-electron chi connectivity index (χ4n) is 2.33. The first kappa shape index (κ1) is 11.3. The van der Waals surface area contributed by atoms with E-state index in [2.05, 4.69) is 0 Å². The van der Waals surface area contributed by atoms with Crippen LogP contribution in [-0.2, 0) is 0 Å². The summed E-state index contributed by atoms with van der Waals surface area (Å²) < 4.78 is 0. The molecule has 0 heterocycles. The molecule has 1 N–H and O–H groups in total. The van der Waals surface area contributed by atoms with Gasteiger partial charge in [-0.2, -0.15) is 0 Å². The van der Waals surface area contributed by atoms with Crippen molar-refractivity contribution in [3.63, 3.8) is 0 Å². The molecule has 19 heavy (non-hydrogen) atoms. The van der Waals surface area contributed by atoms with Crippen molar-refractivity contribution in [2.24, 2.45) is 0 Å². The Bertz CT molecular complexity index is 744. The Morgan fingerprint density at radius 2 is 1.42 bits per heavy atom. The van der Waals surface area contributed by atoms with Gasteiger partial charge < -0.3 is 5.11 Å². The molecule has 0 radical (unpaired) electrons. The third kappa shape index (κ3) is 1.43. The molecule has 2 aromatic rings. The molecule has 0 aliphatic heterocycles. The van der Waals surface area contributed by atoms with Gasteiger partial charge in [-0.05, 0) is 12.1 Å². The number of aldehydes is 1. The van der Waals surface area contributed by atoms with E-state index in [0.29, 0.717) is 6.29 Å². The highest BCUT2D eigenvalue weighted by Gasteiger charge is 2.33. The van der Waals surface area contributed by atoms with E-state index in [1.807, 2.05) is 0 Å². The molecule has 4 heteroatoms. The zero-order valence-corrected chi connectivity index (χ0v) is 9.71. The molecule has 0 spiro atoms. The average molecular weight is 252 g/mol. The predicted octanol–water partition coefficient (Wildman–Crippen LogP) is 1.98. The molecule has 0 amide bonds. The summed E-state index contributed by atoms with van der Waals surface area (Å²) in [7, 11) is 0. The van der Waals surface area contributed by atoms with E-state index in [1.165, 1.54) is 24.3 Å². The Morgan fingerprint density at radius 1 is 0.842 bits per heavy atom. The van der Waals surface area contributed by atoms with Crippen LogP contribution in [0.1, 0.15) is 42.2 Å². The molecule has 0 aromatic heterocycles. The normalized spacial score (nSPS) is 12.8. The maximum Gasteiger partial charge on any atom is 0.198 e. The summed E-state index contributed by atoms with van der Waals surface area (Å²) >= 11 is 0. The standard InChI is InChI=1S/C15H8O4/c16-7-8-5-6-11(17)13-12(8)14(18)9-3-1-2-4-10(9)15(13)19/h1-7,17H. The molecule has 4 nitrogen and oxygen atoms in total. The lowest BCUT2D eigenvalue weighted by atomic mass is 9.81. The van der Waals surface area contributed by atoms with Gasteiger partial charge in [-0.15, -0.1) is 0 Å². The average Bonchev–Trinajstić information content (AvgIpc) is 2.44. The van der Waals surface area contributed by atoms with Crippen LogP contribution in [0.2, 0.25) is 0 Å². The lowest BCUT2D eigenvalue weighted by Gasteiger charge is -2.19. The SMILES string of the molecule is O=Cc1ccc(O)c2c1C(=O)c1ccccc1C2=O. The Balaban J connectivity index is 2.42. The number of phenols is 1. The van der Waals surface area contributed by atoms with Crippen LogP contribution in [0.5, 0.6) is 5.75 Å². The highest BCUT2D eigenvalue weighted by Crippen LogP contribution is 2.34. The van der Waals surface area contributed by atoms with Crippen LogP contribution in [0.4, 0.5) is 0 Å². The number of ketones is 2. The zero-order valence-electron chi connectivity index (χ0n) is 9.71. The molecule has 1 aliphatic carbocycles. The number of fused-ring (bicyclic) bond motifs is 2. The lowest BCUT2D eigenvalue weighted by molar-refractivity contribution is 0.0974. The molecule has 0 saturated carbocycles. The first-order chi connectivity index (χ1) is 9.15. The van der Waals surface area contributed by atoms with Crippen LogP contribution in [0, 0.1) is 0 Å². The molecule has 0 bridgehead atoms. The molecule has 2 aromatic carbocycles. The van der Waals surface area contributed by atoms with Crippen molar-refractivity contribution in [1.82, 2.24) is 0 Å². The molecule has 0 unspecified atom stereocenters. The maximum atomic E-state index is 12.4. The second kappa shape index (κ2) is 3.88. The lowest BCUT2D eigenvalue weighted by Crippen LogP contribution is -2.22. The summed E-state index contributed by atoms with van der Waals surface area (Å²) in [5.41, 5.74) is 0.514. The highest BCUT2D eigenvalue weighted by molar-refractivity contribution is 6.30. The van der Waals surface area contributed by atoms with E-state index in [0.717, 1.165) is 0 Å². The van der Waals surface area contributed by atoms with Gasteiger partial charge in [0.1, 0.15) is 5.75 Å². The summed E-state index contributed by atoms with van der Waals surface area (Å²) in [6.07, 6.45) is 0.511. The topological polar surface area (TPSA) is 71.4 Å². The van der Waals surface area contributed by atoms with Crippen molar-refractivity contribution in [3.05, 3.63) is 64.2 Å². The number of phenolic OH excluding ortho intramolecular Hbond substituents is 1. The summed E-state index contributed by atoms with van der Waals surface area (Å²) in [4.78, 5) is 35.7. The second-order valence-corrected chi connectivity index (χ2v) is 4.25. The first-order valence-electron chi connectivity index (χ1n) is 5.64. The van der Waals surface area contributed by atoms with E-state index >= 15 is 0 Å². The minimum absolute atomic E-state index is 0.0151. The van der Waals surface area contributed by atoms with Crippen LogP contribution in [0.15, 0.2) is 36.4 Å². The van der Waals surface area contributed by atoms with Crippen molar-refractivity contribution >= 4 is 17.9 Å². The number of hydrogen-bond acceptors (Lipinski definition) is 4. The van der Waals surface area contributed by atoms with Gasteiger partial charge in [0.2, 0.25) is 0 Å². The third-order valence-corrected chi connectivity index (χ3v) is 3.21. The molecular weight excluding hydrogens is 244 g/mol. The van der Waals surface area contributed by atoms with Crippen LogP contribution < -0.4 is 0 Å². The first-order valence-corrected chi connectivity index (χ1v) is 5.64. The van der Waals surface area contributed by atoms with Gasteiger partial charge in [0.25, 0.3) is 0 Å².